The molecule has 1 aliphatic heterocycles. The highest BCUT2D eigenvalue weighted by Crippen LogP contribution is 2.53. The van der Waals surface area contributed by atoms with Crippen molar-refractivity contribution >= 4 is 8.32 Å². The van der Waals surface area contributed by atoms with Gasteiger partial charge in [0, 0.05) is 24.0 Å². The van der Waals surface area contributed by atoms with Crippen molar-refractivity contribution in [2.24, 2.45) is 0 Å². The third-order valence-corrected chi connectivity index (χ3v) is 11.4. The molecule has 1 saturated heterocycles. The van der Waals surface area contributed by atoms with Crippen LogP contribution in [0.15, 0.2) is 12.1 Å². The Labute approximate surface area is 175 Å². The van der Waals surface area contributed by atoms with E-state index in [9.17, 15) is 5.11 Å². The van der Waals surface area contributed by atoms with E-state index in [-0.39, 0.29) is 11.1 Å². The first-order valence-corrected chi connectivity index (χ1v) is 13.2. The summed E-state index contributed by atoms with van der Waals surface area (Å²) in [5.41, 5.74) is 0.607. The molecule has 0 bridgehead atoms. The Hall–Kier alpha value is -1.12. The van der Waals surface area contributed by atoms with Crippen LogP contribution in [0.5, 0.6) is 11.5 Å². The Morgan fingerprint density at radius 2 is 1.62 bits per heavy atom. The second-order valence-corrected chi connectivity index (χ2v) is 14.5. The van der Waals surface area contributed by atoms with Crippen LogP contribution in [0.25, 0.3) is 0 Å². The zero-order valence-electron chi connectivity index (χ0n) is 19.0. The smallest absolute Gasteiger partial charge is 0.195 e. The van der Waals surface area contributed by atoms with Gasteiger partial charge in [0.2, 0.25) is 0 Å². The lowest BCUT2D eigenvalue weighted by atomic mass is 9.74. The summed E-state index contributed by atoms with van der Waals surface area (Å²) in [6, 6.07) is 3.79. The molecule has 3 rings (SSSR count). The molecular weight excluding hydrogens is 388 g/mol. The van der Waals surface area contributed by atoms with Gasteiger partial charge in [-0.05, 0) is 37.2 Å². The van der Waals surface area contributed by atoms with Crippen molar-refractivity contribution in [1.82, 2.24) is 0 Å². The third-order valence-electron chi connectivity index (χ3n) is 6.95. The molecule has 0 saturated carbocycles. The molecule has 0 aromatic heterocycles. The first-order valence-electron chi connectivity index (χ1n) is 10.3. The van der Waals surface area contributed by atoms with Gasteiger partial charge in [0.25, 0.3) is 0 Å². The molecule has 1 heterocycles. The number of methoxy groups -OCH3 is 2. The maximum absolute atomic E-state index is 11.8. The number of hydrogen-bond acceptors (Lipinski definition) is 6. The van der Waals surface area contributed by atoms with Crippen molar-refractivity contribution in [1.29, 1.82) is 0 Å². The van der Waals surface area contributed by atoms with Gasteiger partial charge in [-0.1, -0.05) is 20.8 Å². The Kier molecular flexibility index (Phi) is 5.86. The van der Waals surface area contributed by atoms with E-state index < -0.39 is 19.7 Å². The van der Waals surface area contributed by atoms with E-state index in [4.69, 9.17) is 23.4 Å². The summed E-state index contributed by atoms with van der Waals surface area (Å²) in [4.78, 5) is 0. The molecule has 0 radical (unpaired) electrons. The fourth-order valence-corrected chi connectivity index (χ4v) is 5.33. The number of rotatable bonds is 5. The Bertz CT molecular complexity index is 750. The molecule has 164 valence electrons. The minimum absolute atomic E-state index is 0.0269. The van der Waals surface area contributed by atoms with Crippen LogP contribution in [-0.2, 0) is 20.3 Å². The lowest BCUT2D eigenvalue weighted by molar-refractivity contribution is -0.268. The summed E-state index contributed by atoms with van der Waals surface area (Å²) in [6.45, 7) is 13.8. The lowest BCUT2D eigenvalue weighted by Crippen LogP contribution is -2.58. The van der Waals surface area contributed by atoms with Crippen molar-refractivity contribution in [3.05, 3.63) is 23.3 Å². The van der Waals surface area contributed by atoms with E-state index in [1.54, 1.807) is 14.2 Å². The Morgan fingerprint density at radius 3 is 2.14 bits per heavy atom. The van der Waals surface area contributed by atoms with Crippen LogP contribution in [-0.4, -0.2) is 52.2 Å². The van der Waals surface area contributed by atoms with Crippen LogP contribution >= 0.6 is 0 Å². The van der Waals surface area contributed by atoms with Crippen molar-refractivity contribution < 1.29 is 28.5 Å². The highest BCUT2D eigenvalue weighted by atomic mass is 28.4. The van der Waals surface area contributed by atoms with E-state index in [0.29, 0.717) is 31.8 Å². The van der Waals surface area contributed by atoms with Crippen molar-refractivity contribution in [3.8, 4) is 11.5 Å². The van der Waals surface area contributed by atoms with Gasteiger partial charge in [0.15, 0.2) is 14.1 Å². The second kappa shape index (κ2) is 7.53. The fraction of sp³-hybridized carbons (Fsp3) is 0.727. The molecule has 0 spiro atoms. The molecule has 1 aliphatic carbocycles. The third kappa shape index (κ3) is 3.83. The molecule has 2 aliphatic rings. The van der Waals surface area contributed by atoms with Crippen LogP contribution < -0.4 is 9.47 Å². The van der Waals surface area contributed by atoms with Crippen LogP contribution in [0.2, 0.25) is 18.1 Å². The number of ether oxygens (including phenoxy) is 4. The summed E-state index contributed by atoms with van der Waals surface area (Å²) in [6.07, 6.45) is 0.364. The van der Waals surface area contributed by atoms with Gasteiger partial charge in [-0.25, -0.2) is 0 Å². The summed E-state index contributed by atoms with van der Waals surface area (Å²) in [5, 5.41) is 11.8. The van der Waals surface area contributed by atoms with Crippen molar-refractivity contribution in [3.63, 3.8) is 0 Å². The second-order valence-electron chi connectivity index (χ2n) is 9.78. The lowest BCUT2D eigenvalue weighted by Gasteiger charge is -2.49. The molecule has 1 aromatic rings. The fourth-order valence-electron chi connectivity index (χ4n) is 4.06. The zero-order chi connectivity index (χ0) is 21.7. The molecule has 29 heavy (non-hydrogen) atoms. The van der Waals surface area contributed by atoms with Crippen LogP contribution in [0.3, 0.4) is 0 Å². The Morgan fingerprint density at radius 1 is 1.07 bits per heavy atom. The highest BCUT2D eigenvalue weighted by molar-refractivity contribution is 6.74. The molecular formula is C22H36O6Si. The summed E-state index contributed by atoms with van der Waals surface area (Å²) < 4.78 is 30.0. The highest BCUT2D eigenvalue weighted by Gasteiger charge is 2.57. The molecule has 0 amide bonds. The van der Waals surface area contributed by atoms with E-state index in [1.165, 1.54) is 0 Å². The average molecular weight is 425 g/mol. The van der Waals surface area contributed by atoms with Crippen molar-refractivity contribution in [2.75, 3.05) is 27.4 Å². The maximum atomic E-state index is 11.8. The van der Waals surface area contributed by atoms with Crippen LogP contribution in [0, 0.1) is 0 Å². The summed E-state index contributed by atoms with van der Waals surface area (Å²) in [5.74, 6) is 0.378. The topological polar surface area (TPSA) is 66.4 Å². The van der Waals surface area contributed by atoms with Gasteiger partial charge in [0.05, 0.1) is 33.5 Å². The SMILES string of the molecule is COc1ccc(OC)c2c1C[C@@](O)(C1(C)OCCO1)C[C@@H]2O[Si](C)(C)C(C)(C)C. The Balaban J connectivity index is 2.14. The van der Waals surface area contributed by atoms with Gasteiger partial charge in [0.1, 0.15) is 17.1 Å². The minimum atomic E-state index is -2.14. The predicted molar refractivity (Wildman–Crippen MR) is 114 cm³/mol. The normalized spacial score (nSPS) is 26.9. The molecule has 6 nitrogen and oxygen atoms in total. The van der Waals surface area contributed by atoms with Gasteiger partial charge < -0.3 is 28.5 Å². The van der Waals surface area contributed by atoms with Crippen LogP contribution in [0.1, 0.15) is 51.3 Å². The standard InChI is InChI=1S/C22H36O6Si/c1-20(2,3)29(7,8)28-18-14-22(23,21(4)26-11-12-27-21)13-15-16(24-5)9-10-17(25-6)19(15)18/h9-10,18,23H,11-14H2,1-8H3/t18-,22-/m0/s1. The quantitative estimate of drug-likeness (QED) is 0.715. The zero-order valence-corrected chi connectivity index (χ0v) is 20.0. The summed E-state index contributed by atoms with van der Waals surface area (Å²) >= 11 is 0. The maximum Gasteiger partial charge on any atom is 0.195 e. The summed E-state index contributed by atoms with van der Waals surface area (Å²) in [7, 11) is 1.17. The van der Waals surface area contributed by atoms with E-state index >= 15 is 0 Å². The van der Waals surface area contributed by atoms with E-state index in [1.807, 2.05) is 19.1 Å². The molecule has 2 atom stereocenters. The first kappa shape index (κ1) is 22.6. The van der Waals surface area contributed by atoms with Gasteiger partial charge in [-0.2, -0.15) is 0 Å². The molecule has 0 unspecified atom stereocenters. The van der Waals surface area contributed by atoms with Gasteiger partial charge in [-0.3, -0.25) is 0 Å². The number of hydrogen-bond donors (Lipinski definition) is 1. The van der Waals surface area contributed by atoms with Crippen molar-refractivity contribution in [2.45, 2.75) is 76.2 Å². The average Bonchev–Trinajstić information content (AvgIpc) is 3.08. The van der Waals surface area contributed by atoms with Gasteiger partial charge >= 0.3 is 0 Å². The first-order chi connectivity index (χ1) is 13.4. The molecule has 1 fully saturated rings. The van der Waals surface area contributed by atoms with E-state index in [0.717, 1.165) is 16.9 Å². The monoisotopic (exact) mass is 424 g/mol. The van der Waals surface area contributed by atoms with Crippen LogP contribution in [0.4, 0.5) is 0 Å². The number of aliphatic hydroxyl groups is 1. The van der Waals surface area contributed by atoms with Gasteiger partial charge in [-0.15, -0.1) is 0 Å². The number of fused-ring (bicyclic) bond motifs is 1. The van der Waals surface area contributed by atoms with E-state index in [2.05, 4.69) is 33.9 Å². The molecule has 1 N–H and O–H groups in total. The molecule has 1 aromatic carbocycles. The minimum Gasteiger partial charge on any atom is -0.496 e. The number of benzene rings is 1. The largest absolute Gasteiger partial charge is 0.496 e. The molecule has 7 heteroatoms. The predicted octanol–water partition coefficient (Wildman–Crippen LogP) is 4.21.